The van der Waals surface area contributed by atoms with Gasteiger partial charge in [0.25, 0.3) is 5.69 Å². The maximum absolute atomic E-state index is 11.2. The Kier molecular flexibility index (Phi) is 3.45. The fraction of sp³-hybridized carbons (Fsp3) is 0.364. The van der Waals surface area contributed by atoms with Crippen molar-refractivity contribution in [1.82, 2.24) is 0 Å². The van der Waals surface area contributed by atoms with Crippen LogP contribution in [-0.4, -0.2) is 26.8 Å². The molecular weight excluding hydrogens is 240 g/mol. The summed E-state index contributed by atoms with van der Waals surface area (Å²) in [7, 11) is 0. The number of hydrogen-bond donors (Lipinski definition) is 2. The average Bonchev–Trinajstić information content (AvgIpc) is 2.17. The van der Waals surface area contributed by atoms with Gasteiger partial charge in [-0.1, -0.05) is 0 Å². The number of benzene rings is 1. The fourth-order valence-electron chi connectivity index (χ4n) is 1.57. The van der Waals surface area contributed by atoms with Gasteiger partial charge in [0.05, 0.1) is 16.7 Å². The van der Waals surface area contributed by atoms with Crippen LogP contribution < -0.4 is 4.90 Å². The molecule has 7 heteroatoms. The molecule has 0 aromatic heterocycles. The van der Waals surface area contributed by atoms with Crippen LogP contribution in [-0.2, 0) is 0 Å². The highest BCUT2D eigenvalue weighted by Gasteiger charge is 2.30. The highest BCUT2D eigenvalue weighted by molar-refractivity contribution is 5.89. The van der Waals surface area contributed by atoms with E-state index in [1.54, 1.807) is 20.8 Å². The summed E-state index contributed by atoms with van der Waals surface area (Å²) in [5.74, 6) is -0.443. The first kappa shape index (κ1) is 13.8. The standard InChI is InChI=1S/C11H14N2O5/c1-11(2,3)12(10(15)16)8-5-4-7(13(17)18)6-9(8)14/h4-6,14H,1-3H3,(H,15,16). The maximum atomic E-state index is 11.2. The SMILES string of the molecule is CC(C)(C)N(C(=O)O)c1ccc([N+](=O)[O-])cc1O. The number of phenolic OH excluding ortho intramolecular Hbond substituents is 1. The predicted octanol–water partition coefficient (Wildman–Crippen LogP) is 2.58. The van der Waals surface area contributed by atoms with Crippen LogP contribution in [0.1, 0.15) is 20.8 Å². The first-order chi connectivity index (χ1) is 8.14. The molecular formula is C11H14N2O5. The van der Waals surface area contributed by atoms with Crippen molar-refractivity contribution in [1.29, 1.82) is 0 Å². The van der Waals surface area contributed by atoms with Crippen molar-refractivity contribution in [2.45, 2.75) is 26.3 Å². The van der Waals surface area contributed by atoms with E-state index < -0.39 is 22.3 Å². The van der Waals surface area contributed by atoms with Crippen LogP contribution in [0.3, 0.4) is 0 Å². The van der Waals surface area contributed by atoms with Crippen LogP contribution in [0, 0.1) is 10.1 Å². The lowest BCUT2D eigenvalue weighted by Gasteiger charge is -2.33. The minimum atomic E-state index is -1.24. The summed E-state index contributed by atoms with van der Waals surface area (Å²) in [6.07, 6.45) is -1.24. The molecule has 0 aliphatic carbocycles. The molecule has 0 heterocycles. The summed E-state index contributed by atoms with van der Waals surface area (Å²) < 4.78 is 0. The van der Waals surface area contributed by atoms with Gasteiger partial charge in [-0.2, -0.15) is 0 Å². The second-order valence-corrected chi connectivity index (χ2v) is 4.72. The molecule has 7 nitrogen and oxygen atoms in total. The van der Waals surface area contributed by atoms with Gasteiger partial charge in [-0.3, -0.25) is 15.0 Å². The van der Waals surface area contributed by atoms with E-state index in [2.05, 4.69) is 0 Å². The number of non-ortho nitro benzene ring substituents is 1. The van der Waals surface area contributed by atoms with E-state index in [9.17, 15) is 20.0 Å². The van der Waals surface area contributed by atoms with E-state index in [4.69, 9.17) is 5.11 Å². The van der Waals surface area contributed by atoms with Gasteiger partial charge in [0.15, 0.2) is 0 Å². The molecule has 2 N–H and O–H groups in total. The summed E-state index contributed by atoms with van der Waals surface area (Å²) in [5, 5.41) is 29.4. The van der Waals surface area contributed by atoms with E-state index in [-0.39, 0.29) is 11.4 Å². The largest absolute Gasteiger partial charge is 0.505 e. The van der Waals surface area contributed by atoms with Crippen molar-refractivity contribution in [2.75, 3.05) is 4.90 Å². The Bertz CT molecular complexity index is 493. The van der Waals surface area contributed by atoms with Crippen molar-refractivity contribution in [3.8, 4) is 5.75 Å². The van der Waals surface area contributed by atoms with Gasteiger partial charge in [0, 0.05) is 11.6 Å². The Balaban J connectivity index is 3.31. The number of carbonyl (C=O) groups is 1. The zero-order chi connectivity index (χ0) is 14.1. The van der Waals surface area contributed by atoms with E-state index in [1.165, 1.54) is 6.07 Å². The summed E-state index contributed by atoms with van der Waals surface area (Å²) in [5.41, 5.74) is -1.06. The molecule has 0 bridgehead atoms. The first-order valence-corrected chi connectivity index (χ1v) is 5.15. The third kappa shape index (κ3) is 2.68. The summed E-state index contributed by atoms with van der Waals surface area (Å²) in [6.45, 7) is 4.96. The average molecular weight is 254 g/mol. The number of phenols is 1. The zero-order valence-corrected chi connectivity index (χ0v) is 10.2. The van der Waals surface area contributed by atoms with Crippen LogP contribution in [0.2, 0.25) is 0 Å². The molecule has 0 aliphatic heterocycles. The number of anilines is 1. The van der Waals surface area contributed by atoms with E-state index >= 15 is 0 Å². The molecule has 18 heavy (non-hydrogen) atoms. The van der Waals surface area contributed by atoms with Gasteiger partial charge in [-0.05, 0) is 26.8 Å². The van der Waals surface area contributed by atoms with Gasteiger partial charge >= 0.3 is 6.09 Å². The lowest BCUT2D eigenvalue weighted by atomic mass is 10.1. The Morgan fingerprint density at radius 3 is 2.28 bits per heavy atom. The maximum Gasteiger partial charge on any atom is 0.412 e. The van der Waals surface area contributed by atoms with Crippen LogP contribution in [0.5, 0.6) is 5.75 Å². The molecule has 0 fully saturated rings. The Labute approximate surface area is 103 Å². The Morgan fingerprint density at radius 2 is 1.94 bits per heavy atom. The third-order valence-corrected chi connectivity index (χ3v) is 2.27. The molecule has 0 saturated heterocycles. The minimum Gasteiger partial charge on any atom is -0.505 e. The first-order valence-electron chi connectivity index (χ1n) is 5.15. The molecule has 0 unspecified atom stereocenters. The van der Waals surface area contributed by atoms with Crippen molar-refractivity contribution >= 4 is 17.5 Å². The number of carboxylic acid groups (broad SMARTS) is 1. The number of rotatable bonds is 2. The number of nitro benzene ring substituents is 1. The second kappa shape index (κ2) is 4.52. The highest BCUT2D eigenvalue weighted by atomic mass is 16.6. The lowest BCUT2D eigenvalue weighted by molar-refractivity contribution is -0.384. The van der Waals surface area contributed by atoms with Gasteiger partial charge in [0.1, 0.15) is 5.75 Å². The molecule has 0 atom stereocenters. The number of amides is 1. The topological polar surface area (TPSA) is 104 Å². The summed E-state index contributed by atoms with van der Waals surface area (Å²) >= 11 is 0. The van der Waals surface area contributed by atoms with Crippen molar-refractivity contribution in [2.24, 2.45) is 0 Å². The molecule has 1 amide bonds. The molecule has 1 aromatic carbocycles. The van der Waals surface area contributed by atoms with Crippen LogP contribution in [0.25, 0.3) is 0 Å². The van der Waals surface area contributed by atoms with E-state index in [0.717, 1.165) is 17.0 Å². The zero-order valence-electron chi connectivity index (χ0n) is 10.2. The van der Waals surface area contributed by atoms with Gasteiger partial charge in [0.2, 0.25) is 0 Å². The minimum absolute atomic E-state index is 0.0144. The second-order valence-electron chi connectivity index (χ2n) is 4.72. The number of nitro groups is 1. The van der Waals surface area contributed by atoms with Gasteiger partial charge < -0.3 is 10.2 Å². The van der Waals surface area contributed by atoms with Crippen LogP contribution in [0.15, 0.2) is 18.2 Å². The lowest BCUT2D eigenvalue weighted by Crippen LogP contribution is -2.45. The molecule has 0 aliphatic rings. The smallest absolute Gasteiger partial charge is 0.412 e. The number of nitrogens with zero attached hydrogens (tertiary/aromatic N) is 2. The molecule has 0 spiro atoms. The van der Waals surface area contributed by atoms with Gasteiger partial charge in [-0.15, -0.1) is 0 Å². The van der Waals surface area contributed by atoms with Crippen molar-refractivity contribution < 1.29 is 19.9 Å². The number of hydrogen-bond acceptors (Lipinski definition) is 4. The molecule has 1 rings (SSSR count). The molecule has 0 saturated carbocycles. The highest BCUT2D eigenvalue weighted by Crippen LogP contribution is 2.34. The fourth-order valence-corrected chi connectivity index (χ4v) is 1.57. The normalized spacial score (nSPS) is 11.1. The van der Waals surface area contributed by atoms with Crippen LogP contribution in [0.4, 0.5) is 16.2 Å². The van der Waals surface area contributed by atoms with Crippen molar-refractivity contribution in [3.63, 3.8) is 0 Å². The summed E-state index contributed by atoms with van der Waals surface area (Å²) in [6, 6.07) is 3.29. The Morgan fingerprint density at radius 1 is 1.39 bits per heavy atom. The molecule has 0 radical (unpaired) electrons. The van der Waals surface area contributed by atoms with E-state index in [1.807, 2.05) is 0 Å². The predicted molar refractivity (Wildman–Crippen MR) is 65.0 cm³/mol. The molecule has 98 valence electrons. The summed E-state index contributed by atoms with van der Waals surface area (Å²) in [4.78, 5) is 22.0. The molecule has 1 aromatic rings. The van der Waals surface area contributed by atoms with Crippen LogP contribution >= 0.6 is 0 Å². The Hall–Kier alpha value is -2.31. The monoisotopic (exact) mass is 254 g/mol. The third-order valence-electron chi connectivity index (χ3n) is 2.27. The van der Waals surface area contributed by atoms with Crippen molar-refractivity contribution in [3.05, 3.63) is 28.3 Å². The quantitative estimate of drug-likeness (QED) is 0.623. The number of aromatic hydroxyl groups is 1. The van der Waals surface area contributed by atoms with Gasteiger partial charge in [-0.25, -0.2) is 4.79 Å². The van der Waals surface area contributed by atoms with E-state index in [0.29, 0.717) is 0 Å².